The van der Waals surface area contributed by atoms with Gasteiger partial charge in [0, 0.05) is 23.4 Å². The fourth-order valence-corrected chi connectivity index (χ4v) is 3.70. The predicted octanol–water partition coefficient (Wildman–Crippen LogP) is 3.13. The number of benzene rings is 1. The van der Waals surface area contributed by atoms with Gasteiger partial charge in [0.05, 0.1) is 12.2 Å². The third-order valence-corrected chi connectivity index (χ3v) is 5.27. The van der Waals surface area contributed by atoms with Crippen molar-refractivity contribution in [1.82, 2.24) is 24.9 Å². The van der Waals surface area contributed by atoms with Gasteiger partial charge in [0.15, 0.2) is 5.82 Å². The van der Waals surface area contributed by atoms with Crippen molar-refractivity contribution in [2.45, 2.75) is 32.9 Å². The van der Waals surface area contributed by atoms with Crippen LogP contribution >= 0.6 is 0 Å². The second-order valence-corrected chi connectivity index (χ2v) is 9.79. The van der Waals surface area contributed by atoms with Crippen molar-refractivity contribution in [3.05, 3.63) is 66.3 Å². The third kappa shape index (κ3) is 5.55. The molecule has 4 aromatic rings. The summed E-state index contributed by atoms with van der Waals surface area (Å²) in [6.45, 7) is 5.06. The SMILES string of the molecule is CC(C)(C)N(C(=O)OS(N)(=O)=O)c1ccnc(-c2cc(-c3ccon3)n(Cc3ccccc3F)n2)n1. The van der Waals surface area contributed by atoms with Gasteiger partial charge in [-0.25, -0.2) is 19.2 Å². The van der Waals surface area contributed by atoms with Crippen molar-refractivity contribution in [3.8, 4) is 22.9 Å². The smallest absolute Gasteiger partial charge is 0.364 e. The van der Waals surface area contributed by atoms with Gasteiger partial charge in [-0.3, -0.25) is 9.58 Å². The van der Waals surface area contributed by atoms with Crippen molar-refractivity contribution in [1.29, 1.82) is 0 Å². The minimum absolute atomic E-state index is 0.0489. The molecule has 0 spiro atoms. The van der Waals surface area contributed by atoms with Gasteiger partial charge < -0.3 is 8.71 Å². The van der Waals surface area contributed by atoms with E-state index in [0.29, 0.717) is 22.6 Å². The van der Waals surface area contributed by atoms with Crippen molar-refractivity contribution >= 4 is 22.2 Å². The van der Waals surface area contributed by atoms with Gasteiger partial charge in [0.25, 0.3) is 0 Å². The highest BCUT2D eigenvalue weighted by atomic mass is 32.2. The summed E-state index contributed by atoms with van der Waals surface area (Å²) < 4.78 is 47.9. The Balaban J connectivity index is 1.77. The number of nitrogens with two attached hydrogens (primary N) is 1. The Bertz CT molecular complexity index is 1500. The summed E-state index contributed by atoms with van der Waals surface area (Å²) in [7, 11) is -4.56. The van der Waals surface area contributed by atoms with E-state index in [1.807, 2.05) is 0 Å². The molecule has 36 heavy (non-hydrogen) atoms. The number of hydrogen-bond donors (Lipinski definition) is 1. The Morgan fingerprint density at radius 2 is 1.94 bits per heavy atom. The topological polar surface area (TPSA) is 159 Å². The summed E-state index contributed by atoms with van der Waals surface area (Å²) in [5.74, 6) is -0.233. The zero-order valence-electron chi connectivity index (χ0n) is 19.5. The molecule has 0 radical (unpaired) electrons. The minimum Gasteiger partial charge on any atom is -0.364 e. The van der Waals surface area contributed by atoms with Crippen molar-refractivity contribution in [2.24, 2.45) is 5.14 Å². The Morgan fingerprint density at radius 1 is 1.19 bits per heavy atom. The van der Waals surface area contributed by atoms with Gasteiger partial charge in [0.1, 0.15) is 29.3 Å². The number of halogens is 1. The van der Waals surface area contributed by atoms with E-state index in [4.69, 9.17) is 9.66 Å². The van der Waals surface area contributed by atoms with Crippen LogP contribution < -0.4 is 10.0 Å². The van der Waals surface area contributed by atoms with E-state index in [9.17, 15) is 17.6 Å². The van der Waals surface area contributed by atoms with E-state index in [1.165, 1.54) is 29.3 Å². The molecule has 4 rings (SSSR count). The maximum absolute atomic E-state index is 14.3. The van der Waals surface area contributed by atoms with Gasteiger partial charge in [-0.2, -0.15) is 18.7 Å². The maximum Gasteiger partial charge on any atom is 0.432 e. The molecule has 14 heteroatoms. The summed E-state index contributed by atoms with van der Waals surface area (Å²) in [6, 6.07) is 11.0. The molecule has 3 aromatic heterocycles. The molecular weight excluding hydrogens is 493 g/mol. The van der Waals surface area contributed by atoms with E-state index >= 15 is 0 Å². The molecule has 0 aliphatic rings. The lowest BCUT2D eigenvalue weighted by molar-refractivity contribution is 0.203. The first-order chi connectivity index (χ1) is 16.9. The summed E-state index contributed by atoms with van der Waals surface area (Å²) >= 11 is 0. The first-order valence-electron chi connectivity index (χ1n) is 10.5. The number of hydrogen-bond acceptors (Lipinski definition) is 9. The fourth-order valence-electron chi connectivity index (χ4n) is 3.43. The van der Waals surface area contributed by atoms with Crippen LogP contribution in [-0.2, 0) is 21.0 Å². The average molecular weight is 516 g/mol. The van der Waals surface area contributed by atoms with Gasteiger partial charge in [-0.1, -0.05) is 23.4 Å². The second-order valence-electron chi connectivity index (χ2n) is 8.64. The Labute approximate surface area is 205 Å². The van der Waals surface area contributed by atoms with Crippen LogP contribution in [0.25, 0.3) is 22.9 Å². The van der Waals surface area contributed by atoms with Crippen LogP contribution in [0, 0.1) is 5.82 Å². The van der Waals surface area contributed by atoms with Gasteiger partial charge in [-0.05, 0) is 39.0 Å². The van der Waals surface area contributed by atoms with Crippen LogP contribution in [-0.4, -0.2) is 45.0 Å². The number of rotatable bonds is 6. The maximum atomic E-state index is 14.3. The van der Waals surface area contributed by atoms with E-state index < -0.39 is 27.8 Å². The molecule has 3 heterocycles. The summed E-state index contributed by atoms with van der Waals surface area (Å²) in [5, 5.41) is 13.4. The molecule has 0 saturated heterocycles. The van der Waals surface area contributed by atoms with Crippen molar-refractivity contribution < 1.29 is 26.3 Å². The largest absolute Gasteiger partial charge is 0.432 e. The Hall–Kier alpha value is -4.17. The van der Waals surface area contributed by atoms with Gasteiger partial charge >= 0.3 is 16.4 Å². The second kappa shape index (κ2) is 9.47. The summed E-state index contributed by atoms with van der Waals surface area (Å²) in [6.07, 6.45) is 1.54. The monoisotopic (exact) mass is 515 g/mol. The average Bonchev–Trinajstić information content (AvgIpc) is 3.43. The molecule has 2 N–H and O–H groups in total. The van der Waals surface area contributed by atoms with Crippen molar-refractivity contribution in [3.63, 3.8) is 0 Å². The van der Waals surface area contributed by atoms with E-state index in [2.05, 4.69) is 24.4 Å². The minimum atomic E-state index is -4.56. The standard InChI is InChI=1S/C22H22FN7O5S/c1-22(2,3)30(21(31)35-36(24,32)33)19-8-10-25-20(26-19)17-12-18(16-9-11-34-28-16)29(27-17)13-14-6-4-5-7-15(14)23/h4-12H,13H2,1-3H3,(H2,24,32,33). The van der Waals surface area contributed by atoms with Gasteiger partial charge in [-0.15, -0.1) is 0 Å². The zero-order chi connectivity index (χ0) is 26.1. The lowest BCUT2D eigenvalue weighted by atomic mass is 10.1. The van der Waals surface area contributed by atoms with Crippen LogP contribution in [0.1, 0.15) is 26.3 Å². The number of carbonyl (C=O) groups excluding carboxylic acids is 1. The number of carbonyl (C=O) groups is 1. The molecule has 0 aliphatic carbocycles. The number of anilines is 1. The molecular formula is C22H22FN7O5S. The van der Waals surface area contributed by atoms with Crippen LogP contribution in [0.3, 0.4) is 0 Å². The zero-order valence-corrected chi connectivity index (χ0v) is 20.3. The molecule has 12 nitrogen and oxygen atoms in total. The number of aromatic nitrogens is 5. The Morgan fingerprint density at radius 3 is 2.58 bits per heavy atom. The van der Waals surface area contributed by atoms with E-state index in [-0.39, 0.29) is 18.2 Å². The molecule has 0 fully saturated rings. The molecule has 188 valence electrons. The first kappa shape index (κ1) is 24.9. The van der Waals surface area contributed by atoms with Crippen molar-refractivity contribution in [2.75, 3.05) is 4.90 Å². The summed E-state index contributed by atoms with van der Waals surface area (Å²) in [5.41, 5.74) is 0.714. The van der Waals surface area contributed by atoms with Gasteiger partial charge in [0.2, 0.25) is 0 Å². The predicted molar refractivity (Wildman–Crippen MR) is 126 cm³/mol. The van der Waals surface area contributed by atoms with Crippen LogP contribution in [0.15, 0.2) is 59.4 Å². The summed E-state index contributed by atoms with van der Waals surface area (Å²) in [4.78, 5) is 22.3. The highest BCUT2D eigenvalue weighted by Gasteiger charge is 2.33. The van der Waals surface area contributed by atoms with E-state index in [1.54, 1.807) is 51.1 Å². The first-order valence-corrected chi connectivity index (χ1v) is 12.0. The number of nitrogens with zero attached hydrogens (tertiary/aromatic N) is 6. The highest BCUT2D eigenvalue weighted by Crippen LogP contribution is 2.28. The van der Waals surface area contributed by atoms with Crippen LogP contribution in [0.4, 0.5) is 15.0 Å². The molecule has 1 aromatic carbocycles. The molecule has 0 bridgehead atoms. The van der Waals surface area contributed by atoms with Crippen LogP contribution in [0.5, 0.6) is 0 Å². The van der Waals surface area contributed by atoms with Crippen LogP contribution in [0.2, 0.25) is 0 Å². The lowest BCUT2D eigenvalue weighted by Gasteiger charge is -2.33. The molecule has 1 amide bonds. The van der Waals surface area contributed by atoms with E-state index in [0.717, 1.165) is 4.90 Å². The fraction of sp³-hybridized carbons (Fsp3) is 0.227. The molecule has 0 aliphatic heterocycles. The highest BCUT2D eigenvalue weighted by molar-refractivity contribution is 7.84. The Kier molecular flexibility index (Phi) is 6.56. The molecule has 0 atom stereocenters. The molecule has 0 saturated carbocycles. The normalized spacial score (nSPS) is 11.9. The quantitative estimate of drug-likeness (QED) is 0.407. The number of amides is 1. The lowest BCUT2D eigenvalue weighted by Crippen LogP contribution is -2.47. The third-order valence-electron chi connectivity index (χ3n) is 4.90. The molecule has 0 unspecified atom stereocenters.